The number of halogens is 3. The van der Waals surface area contributed by atoms with Crippen molar-refractivity contribution in [3.63, 3.8) is 0 Å². The number of pyridine rings is 1. The standard InChI is InChI=1S/C11H12F3NO3/c1-3-18-8(16)5-6-4-7(12)9(10(13)14)11(15-6)17-2/h4,10H,3,5H2,1-2H3. The molecule has 0 atom stereocenters. The fraction of sp³-hybridized carbons (Fsp3) is 0.455. The number of methoxy groups -OCH3 is 1. The van der Waals surface area contributed by atoms with Gasteiger partial charge in [-0.25, -0.2) is 18.2 Å². The maximum absolute atomic E-state index is 13.4. The van der Waals surface area contributed by atoms with Crippen LogP contribution in [0.15, 0.2) is 6.07 Å². The van der Waals surface area contributed by atoms with Crippen molar-refractivity contribution >= 4 is 5.97 Å². The van der Waals surface area contributed by atoms with Gasteiger partial charge in [-0.15, -0.1) is 0 Å². The van der Waals surface area contributed by atoms with Gasteiger partial charge in [0.25, 0.3) is 6.43 Å². The van der Waals surface area contributed by atoms with E-state index in [9.17, 15) is 18.0 Å². The van der Waals surface area contributed by atoms with Gasteiger partial charge in [0.2, 0.25) is 5.88 Å². The van der Waals surface area contributed by atoms with E-state index >= 15 is 0 Å². The second-order valence-electron chi connectivity index (χ2n) is 3.30. The van der Waals surface area contributed by atoms with E-state index in [1.165, 1.54) is 0 Å². The lowest BCUT2D eigenvalue weighted by atomic mass is 10.2. The van der Waals surface area contributed by atoms with Crippen LogP contribution in [-0.2, 0) is 16.0 Å². The minimum absolute atomic E-state index is 0.0211. The third-order valence-corrected chi connectivity index (χ3v) is 2.07. The summed E-state index contributed by atoms with van der Waals surface area (Å²) in [5.41, 5.74) is -0.933. The summed E-state index contributed by atoms with van der Waals surface area (Å²) in [6.45, 7) is 1.79. The van der Waals surface area contributed by atoms with Gasteiger partial charge in [0, 0.05) is 0 Å². The summed E-state index contributed by atoms with van der Waals surface area (Å²) in [4.78, 5) is 14.8. The molecule has 0 bridgehead atoms. The maximum atomic E-state index is 13.4. The molecule has 7 heteroatoms. The topological polar surface area (TPSA) is 48.4 Å². The van der Waals surface area contributed by atoms with Crippen molar-refractivity contribution in [2.45, 2.75) is 19.8 Å². The van der Waals surface area contributed by atoms with Gasteiger partial charge in [-0.1, -0.05) is 0 Å². The predicted octanol–water partition coefficient (Wildman–Crippen LogP) is 2.27. The smallest absolute Gasteiger partial charge is 0.311 e. The second kappa shape index (κ2) is 6.23. The normalized spacial score (nSPS) is 10.6. The molecule has 1 rings (SSSR count). The zero-order valence-corrected chi connectivity index (χ0v) is 9.87. The SMILES string of the molecule is CCOC(=O)Cc1cc(F)c(C(F)F)c(OC)n1. The number of nitrogens with zero attached hydrogens (tertiary/aromatic N) is 1. The first-order chi connectivity index (χ1) is 8.49. The molecule has 0 N–H and O–H groups in total. The molecule has 0 spiro atoms. The molecule has 0 aromatic carbocycles. The molecule has 100 valence electrons. The van der Waals surface area contributed by atoms with Gasteiger partial charge in [0.05, 0.1) is 25.8 Å². The molecule has 1 aromatic heterocycles. The lowest BCUT2D eigenvalue weighted by Gasteiger charge is -2.10. The van der Waals surface area contributed by atoms with Crippen LogP contribution in [0.1, 0.15) is 24.6 Å². The van der Waals surface area contributed by atoms with Gasteiger partial charge in [0.15, 0.2) is 0 Å². The maximum Gasteiger partial charge on any atom is 0.311 e. The molecule has 1 aromatic rings. The number of hydrogen-bond acceptors (Lipinski definition) is 4. The molecule has 0 saturated heterocycles. The van der Waals surface area contributed by atoms with Gasteiger partial charge in [-0.3, -0.25) is 4.79 Å². The van der Waals surface area contributed by atoms with Crippen LogP contribution in [0.5, 0.6) is 5.88 Å². The average molecular weight is 263 g/mol. The van der Waals surface area contributed by atoms with Gasteiger partial charge < -0.3 is 9.47 Å². The van der Waals surface area contributed by atoms with Crippen LogP contribution < -0.4 is 4.74 Å². The van der Waals surface area contributed by atoms with Gasteiger partial charge in [0.1, 0.15) is 11.4 Å². The zero-order valence-electron chi connectivity index (χ0n) is 9.87. The van der Waals surface area contributed by atoms with Gasteiger partial charge in [-0.2, -0.15) is 0 Å². The van der Waals surface area contributed by atoms with Crippen LogP contribution in [-0.4, -0.2) is 24.7 Å². The van der Waals surface area contributed by atoms with Crippen molar-refractivity contribution < 1.29 is 27.4 Å². The van der Waals surface area contributed by atoms with E-state index in [2.05, 4.69) is 14.5 Å². The molecule has 0 fully saturated rings. The first-order valence-corrected chi connectivity index (χ1v) is 5.16. The van der Waals surface area contributed by atoms with Crippen LogP contribution in [0.2, 0.25) is 0 Å². The lowest BCUT2D eigenvalue weighted by molar-refractivity contribution is -0.142. The van der Waals surface area contributed by atoms with E-state index < -0.39 is 29.7 Å². The fourth-order valence-electron chi connectivity index (χ4n) is 1.35. The van der Waals surface area contributed by atoms with E-state index in [0.717, 1.165) is 13.2 Å². The number of alkyl halides is 2. The molecule has 0 aliphatic heterocycles. The molecule has 1 heterocycles. The molecule has 0 unspecified atom stereocenters. The Labute approximate surface area is 102 Å². The first-order valence-electron chi connectivity index (χ1n) is 5.16. The second-order valence-corrected chi connectivity index (χ2v) is 3.30. The molecule has 0 saturated carbocycles. The van der Waals surface area contributed by atoms with E-state index in [0.29, 0.717) is 0 Å². The number of ether oxygens (including phenoxy) is 2. The summed E-state index contributed by atoms with van der Waals surface area (Å²) < 4.78 is 47.7. The lowest BCUT2D eigenvalue weighted by Crippen LogP contribution is -2.11. The molecule has 18 heavy (non-hydrogen) atoms. The van der Waals surface area contributed by atoms with E-state index in [1.807, 2.05) is 0 Å². The summed E-state index contributed by atoms with van der Waals surface area (Å²) >= 11 is 0. The van der Waals surface area contributed by atoms with Gasteiger partial charge >= 0.3 is 5.97 Å². The summed E-state index contributed by atoms with van der Waals surface area (Å²) in [6, 6.07) is 0.779. The minimum atomic E-state index is -3.04. The Bertz CT molecular complexity index is 438. The first kappa shape index (κ1) is 14.3. The quantitative estimate of drug-likeness (QED) is 0.765. The summed E-state index contributed by atoms with van der Waals surface area (Å²) in [6.07, 6.45) is -3.34. The van der Waals surface area contributed by atoms with Crippen LogP contribution >= 0.6 is 0 Å². The van der Waals surface area contributed by atoms with Crippen molar-refractivity contribution in [2.24, 2.45) is 0 Å². The Morgan fingerprint density at radius 3 is 2.67 bits per heavy atom. The van der Waals surface area contributed by atoms with E-state index in [1.54, 1.807) is 6.92 Å². The van der Waals surface area contributed by atoms with E-state index in [-0.39, 0.29) is 18.7 Å². The largest absolute Gasteiger partial charge is 0.481 e. The Kier molecular flexibility index (Phi) is 4.94. The highest BCUT2D eigenvalue weighted by molar-refractivity contribution is 5.72. The number of hydrogen-bond donors (Lipinski definition) is 0. The summed E-state index contributed by atoms with van der Waals surface area (Å²) in [5.74, 6) is -2.29. The molecule has 0 aliphatic carbocycles. The Hall–Kier alpha value is -1.79. The van der Waals surface area contributed by atoms with Crippen LogP contribution in [0.4, 0.5) is 13.2 Å². The molecule has 0 radical (unpaired) electrons. The number of carbonyl (C=O) groups is 1. The summed E-state index contributed by atoms with van der Waals surface area (Å²) in [7, 11) is 1.10. The Morgan fingerprint density at radius 2 is 2.17 bits per heavy atom. The van der Waals surface area contributed by atoms with Crippen molar-refractivity contribution in [3.05, 3.63) is 23.1 Å². The Morgan fingerprint density at radius 1 is 1.50 bits per heavy atom. The van der Waals surface area contributed by atoms with Crippen molar-refractivity contribution in [1.29, 1.82) is 0 Å². The van der Waals surface area contributed by atoms with Gasteiger partial charge in [-0.05, 0) is 13.0 Å². The predicted molar refractivity (Wildman–Crippen MR) is 56.0 cm³/mol. The van der Waals surface area contributed by atoms with Crippen molar-refractivity contribution in [3.8, 4) is 5.88 Å². The molecule has 0 aliphatic rings. The number of aromatic nitrogens is 1. The molecule has 4 nitrogen and oxygen atoms in total. The number of rotatable bonds is 5. The minimum Gasteiger partial charge on any atom is -0.481 e. The average Bonchev–Trinajstić information content (AvgIpc) is 2.27. The third kappa shape index (κ3) is 3.35. The Balaban J connectivity index is 3.03. The van der Waals surface area contributed by atoms with E-state index in [4.69, 9.17) is 0 Å². The van der Waals surface area contributed by atoms with Crippen LogP contribution in [0.25, 0.3) is 0 Å². The highest BCUT2D eigenvalue weighted by Gasteiger charge is 2.22. The zero-order chi connectivity index (χ0) is 13.7. The summed E-state index contributed by atoms with van der Waals surface area (Å²) in [5, 5.41) is 0. The molecular weight excluding hydrogens is 251 g/mol. The number of esters is 1. The monoisotopic (exact) mass is 263 g/mol. The van der Waals surface area contributed by atoms with Crippen molar-refractivity contribution in [2.75, 3.05) is 13.7 Å². The van der Waals surface area contributed by atoms with Crippen LogP contribution in [0.3, 0.4) is 0 Å². The third-order valence-electron chi connectivity index (χ3n) is 2.07. The highest BCUT2D eigenvalue weighted by Crippen LogP contribution is 2.30. The fourth-order valence-corrected chi connectivity index (χ4v) is 1.35. The van der Waals surface area contributed by atoms with Crippen LogP contribution in [0, 0.1) is 5.82 Å². The van der Waals surface area contributed by atoms with Crippen molar-refractivity contribution in [1.82, 2.24) is 4.98 Å². The molecule has 0 amide bonds. The number of carbonyl (C=O) groups excluding carboxylic acids is 1. The molecular formula is C11H12F3NO3. The highest BCUT2D eigenvalue weighted by atomic mass is 19.3.